The number of pyridine rings is 1. The number of carbonyl (C=O) groups is 1. The van der Waals surface area contributed by atoms with Crippen molar-refractivity contribution in [3.8, 4) is 0 Å². The molecule has 0 bridgehead atoms. The van der Waals surface area contributed by atoms with Crippen LogP contribution in [0.4, 0.5) is 0 Å². The molecule has 1 amide bonds. The Labute approximate surface area is 160 Å². The van der Waals surface area contributed by atoms with Crippen LogP contribution in [-0.2, 0) is 18.3 Å². The van der Waals surface area contributed by atoms with Crippen LogP contribution in [0.1, 0.15) is 40.7 Å². The summed E-state index contributed by atoms with van der Waals surface area (Å²) in [5.41, 5.74) is 5.20. The summed E-state index contributed by atoms with van der Waals surface area (Å²) >= 11 is 0. The van der Waals surface area contributed by atoms with Gasteiger partial charge in [0.15, 0.2) is 0 Å². The van der Waals surface area contributed by atoms with Gasteiger partial charge >= 0.3 is 0 Å². The number of carbonyl (C=O) groups excluding carboxylic acids is 1. The normalized spacial score (nSPS) is 12.0. The average Bonchev–Trinajstić information content (AvgIpc) is 2.93. The fourth-order valence-electron chi connectivity index (χ4n) is 3.50. The maximum Gasteiger partial charge on any atom is 0.223 e. The third-order valence-electron chi connectivity index (χ3n) is 5.11. The van der Waals surface area contributed by atoms with Crippen LogP contribution in [0.15, 0.2) is 54.7 Å². The molecule has 2 heterocycles. The van der Waals surface area contributed by atoms with Crippen molar-refractivity contribution in [1.29, 1.82) is 0 Å². The first-order valence-electron chi connectivity index (χ1n) is 9.19. The first-order valence-corrected chi connectivity index (χ1v) is 9.19. The quantitative estimate of drug-likeness (QED) is 0.673. The Morgan fingerprint density at radius 3 is 2.41 bits per heavy atom. The Morgan fingerprint density at radius 1 is 1.11 bits per heavy atom. The highest BCUT2D eigenvalue weighted by Crippen LogP contribution is 2.27. The molecule has 0 fully saturated rings. The highest BCUT2D eigenvalue weighted by molar-refractivity contribution is 5.77. The summed E-state index contributed by atoms with van der Waals surface area (Å²) in [5, 5.41) is 4.45. The first-order chi connectivity index (χ1) is 13.0. The van der Waals surface area contributed by atoms with Crippen molar-refractivity contribution in [2.75, 3.05) is 7.05 Å². The molecule has 0 saturated heterocycles. The lowest BCUT2D eigenvalue weighted by atomic mass is 10.0. The predicted octanol–water partition coefficient (Wildman–Crippen LogP) is 3.61. The highest BCUT2D eigenvalue weighted by Gasteiger charge is 2.24. The molecule has 1 aromatic carbocycles. The summed E-state index contributed by atoms with van der Waals surface area (Å²) < 4.78 is 1.87. The summed E-state index contributed by atoms with van der Waals surface area (Å²) in [4.78, 5) is 19.3. The minimum absolute atomic E-state index is 0.0946. The SMILES string of the molecule is Cc1nn(C)c(C)c1CCC(=O)N(C)[C@H](c1ccccc1)c1ccccn1. The highest BCUT2D eigenvalue weighted by atomic mass is 16.2. The number of aryl methyl sites for hydroxylation is 2. The van der Waals surface area contributed by atoms with Crippen LogP contribution >= 0.6 is 0 Å². The van der Waals surface area contributed by atoms with Gasteiger partial charge in [-0.1, -0.05) is 36.4 Å². The smallest absolute Gasteiger partial charge is 0.223 e. The fourth-order valence-corrected chi connectivity index (χ4v) is 3.50. The maximum atomic E-state index is 13.0. The van der Waals surface area contributed by atoms with E-state index in [1.807, 2.05) is 81.2 Å². The van der Waals surface area contributed by atoms with Gasteiger partial charge in [0.1, 0.15) is 0 Å². The maximum absolute atomic E-state index is 13.0. The summed E-state index contributed by atoms with van der Waals surface area (Å²) in [7, 11) is 3.80. The van der Waals surface area contributed by atoms with Gasteiger partial charge in [0.05, 0.1) is 17.4 Å². The lowest BCUT2D eigenvalue weighted by Gasteiger charge is -2.28. The van der Waals surface area contributed by atoms with Gasteiger partial charge in [-0.2, -0.15) is 5.10 Å². The van der Waals surface area contributed by atoms with Crippen LogP contribution in [-0.4, -0.2) is 32.6 Å². The van der Waals surface area contributed by atoms with Gasteiger partial charge in [-0.3, -0.25) is 14.5 Å². The zero-order valence-corrected chi connectivity index (χ0v) is 16.4. The van der Waals surface area contributed by atoms with Gasteiger partial charge < -0.3 is 4.90 Å². The van der Waals surface area contributed by atoms with Crippen LogP contribution in [0.25, 0.3) is 0 Å². The summed E-state index contributed by atoms with van der Waals surface area (Å²) in [6, 6.07) is 15.7. The number of amides is 1. The largest absolute Gasteiger partial charge is 0.333 e. The second-order valence-corrected chi connectivity index (χ2v) is 6.85. The fraction of sp³-hybridized carbons (Fsp3) is 0.318. The second kappa shape index (κ2) is 8.16. The molecule has 0 spiro atoms. The third kappa shape index (κ3) is 4.08. The van der Waals surface area contributed by atoms with E-state index in [2.05, 4.69) is 10.1 Å². The van der Waals surface area contributed by atoms with Crippen molar-refractivity contribution < 1.29 is 4.79 Å². The number of nitrogens with zero attached hydrogens (tertiary/aromatic N) is 4. The lowest BCUT2D eigenvalue weighted by molar-refractivity contribution is -0.131. The average molecular weight is 362 g/mol. The van der Waals surface area contributed by atoms with Gasteiger partial charge in [-0.05, 0) is 43.5 Å². The molecule has 0 radical (unpaired) electrons. The number of hydrogen-bond donors (Lipinski definition) is 0. The standard InChI is InChI=1S/C22H26N4O/c1-16-19(17(2)26(4)24-16)13-14-21(27)25(3)22(18-10-6-5-7-11-18)20-12-8-9-15-23-20/h5-12,15,22H,13-14H2,1-4H3/t22-/m1/s1. The number of aromatic nitrogens is 3. The Bertz CT molecular complexity index is 863. The molecule has 5 heteroatoms. The topological polar surface area (TPSA) is 51.0 Å². The van der Waals surface area contributed by atoms with E-state index in [1.165, 1.54) is 0 Å². The molecular weight excluding hydrogens is 336 g/mol. The Balaban J connectivity index is 1.81. The monoisotopic (exact) mass is 362 g/mol. The number of rotatable bonds is 6. The van der Waals surface area contributed by atoms with E-state index in [9.17, 15) is 4.79 Å². The lowest BCUT2D eigenvalue weighted by Crippen LogP contribution is -2.32. The summed E-state index contributed by atoms with van der Waals surface area (Å²) in [5.74, 6) is 0.0946. The zero-order valence-electron chi connectivity index (χ0n) is 16.4. The van der Waals surface area contributed by atoms with Gasteiger partial charge in [-0.15, -0.1) is 0 Å². The minimum atomic E-state index is -0.198. The molecule has 3 aromatic rings. The molecule has 1 atom stereocenters. The van der Waals surface area contributed by atoms with Crippen LogP contribution in [0.2, 0.25) is 0 Å². The molecule has 0 aliphatic heterocycles. The van der Waals surface area contributed by atoms with Crippen LogP contribution in [0, 0.1) is 13.8 Å². The zero-order chi connectivity index (χ0) is 19.4. The third-order valence-corrected chi connectivity index (χ3v) is 5.11. The molecule has 0 aliphatic carbocycles. The predicted molar refractivity (Wildman–Crippen MR) is 106 cm³/mol. The van der Waals surface area contributed by atoms with E-state index in [4.69, 9.17) is 0 Å². The van der Waals surface area contributed by atoms with Gasteiger partial charge in [0.25, 0.3) is 0 Å². The van der Waals surface area contributed by atoms with E-state index >= 15 is 0 Å². The summed E-state index contributed by atoms with van der Waals surface area (Å²) in [6.07, 6.45) is 2.91. The van der Waals surface area contributed by atoms with Crippen molar-refractivity contribution in [2.24, 2.45) is 7.05 Å². The van der Waals surface area contributed by atoms with Crippen molar-refractivity contribution in [3.05, 3.63) is 82.9 Å². The molecule has 2 aromatic heterocycles. The second-order valence-electron chi connectivity index (χ2n) is 6.85. The number of benzene rings is 1. The van der Waals surface area contributed by atoms with Crippen LogP contribution in [0.5, 0.6) is 0 Å². The Kier molecular flexibility index (Phi) is 5.69. The van der Waals surface area contributed by atoms with Crippen molar-refractivity contribution >= 4 is 5.91 Å². The van der Waals surface area contributed by atoms with Crippen molar-refractivity contribution in [1.82, 2.24) is 19.7 Å². The molecule has 0 saturated carbocycles. The van der Waals surface area contributed by atoms with Gasteiger partial charge in [0.2, 0.25) is 5.91 Å². The molecule has 0 unspecified atom stereocenters. The Morgan fingerprint density at radius 2 is 1.81 bits per heavy atom. The molecule has 0 aliphatic rings. The first kappa shape index (κ1) is 18.8. The van der Waals surface area contributed by atoms with Crippen molar-refractivity contribution in [2.45, 2.75) is 32.7 Å². The van der Waals surface area contributed by atoms with E-state index < -0.39 is 0 Å². The minimum Gasteiger partial charge on any atom is -0.333 e. The van der Waals surface area contributed by atoms with Crippen LogP contribution in [0.3, 0.4) is 0 Å². The van der Waals surface area contributed by atoms with Gasteiger partial charge in [0, 0.05) is 32.4 Å². The van der Waals surface area contributed by atoms with Crippen LogP contribution < -0.4 is 0 Å². The molecule has 5 nitrogen and oxygen atoms in total. The number of hydrogen-bond acceptors (Lipinski definition) is 3. The van der Waals surface area contributed by atoms with E-state index in [-0.39, 0.29) is 11.9 Å². The van der Waals surface area contributed by atoms with Gasteiger partial charge in [-0.25, -0.2) is 0 Å². The molecular formula is C22H26N4O. The van der Waals surface area contributed by atoms with E-state index in [0.717, 1.165) is 28.2 Å². The molecule has 0 N–H and O–H groups in total. The van der Waals surface area contributed by atoms with E-state index in [0.29, 0.717) is 12.8 Å². The van der Waals surface area contributed by atoms with E-state index in [1.54, 1.807) is 11.1 Å². The summed E-state index contributed by atoms with van der Waals surface area (Å²) in [6.45, 7) is 4.04. The molecule has 140 valence electrons. The molecule has 27 heavy (non-hydrogen) atoms. The molecule has 3 rings (SSSR count). The van der Waals surface area contributed by atoms with Crippen molar-refractivity contribution in [3.63, 3.8) is 0 Å². The Hall–Kier alpha value is -2.95.